The molecule has 1 aliphatic rings. The van der Waals surface area contributed by atoms with Crippen LogP contribution in [0.4, 0.5) is 0 Å². The zero-order valence-electron chi connectivity index (χ0n) is 9.46. The monoisotopic (exact) mass is 214 g/mol. The highest BCUT2D eigenvalue weighted by atomic mass is 16.3. The largest absolute Gasteiger partial charge is 0.391 e. The van der Waals surface area contributed by atoms with Crippen LogP contribution in [0.25, 0.3) is 0 Å². The van der Waals surface area contributed by atoms with Gasteiger partial charge in [0.2, 0.25) is 5.91 Å². The lowest BCUT2D eigenvalue weighted by molar-refractivity contribution is -0.120. The van der Waals surface area contributed by atoms with Crippen molar-refractivity contribution in [3.05, 3.63) is 0 Å². The molecule has 0 aliphatic heterocycles. The Morgan fingerprint density at radius 1 is 1.47 bits per heavy atom. The van der Waals surface area contributed by atoms with Crippen LogP contribution < -0.4 is 10.6 Å². The van der Waals surface area contributed by atoms with E-state index < -0.39 is 6.10 Å². The maximum atomic E-state index is 11.3. The molecule has 1 unspecified atom stereocenters. The van der Waals surface area contributed by atoms with Crippen molar-refractivity contribution < 1.29 is 9.90 Å². The minimum absolute atomic E-state index is 0.0191. The summed E-state index contributed by atoms with van der Waals surface area (Å²) in [5, 5.41) is 15.2. The predicted molar refractivity (Wildman–Crippen MR) is 59.6 cm³/mol. The van der Waals surface area contributed by atoms with Crippen molar-refractivity contribution in [2.24, 2.45) is 0 Å². The number of nitrogens with one attached hydrogen (secondary N) is 2. The van der Waals surface area contributed by atoms with E-state index in [1.54, 1.807) is 0 Å². The Kier molecular flexibility index (Phi) is 5.65. The van der Waals surface area contributed by atoms with Gasteiger partial charge in [0.1, 0.15) is 0 Å². The van der Waals surface area contributed by atoms with Crippen molar-refractivity contribution in [3.8, 4) is 0 Å². The first-order valence-corrected chi connectivity index (χ1v) is 5.90. The summed E-state index contributed by atoms with van der Waals surface area (Å²) in [4.78, 5) is 11.3. The van der Waals surface area contributed by atoms with Crippen LogP contribution in [0.5, 0.6) is 0 Å². The van der Waals surface area contributed by atoms with Crippen LogP contribution in [-0.2, 0) is 4.79 Å². The fraction of sp³-hybridized carbons (Fsp3) is 0.909. The molecule has 1 rings (SSSR count). The molecule has 1 fully saturated rings. The maximum absolute atomic E-state index is 11.3. The molecule has 3 N–H and O–H groups in total. The molecule has 0 saturated heterocycles. The molecule has 0 heterocycles. The van der Waals surface area contributed by atoms with Gasteiger partial charge in [-0.15, -0.1) is 0 Å². The average Bonchev–Trinajstić information content (AvgIpc) is 2.75. The highest BCUT2D eigenvalue weighted by Crippen LogP contribution is 2.17. The molecule has 15 heavy (non-hydrogen) atoms. The van der Waals surface area contributed by atoms with Gasteiger partial charge in [0.05, 0.1) is 12.6 Å². The normalized spacial score (nSPS) is 19.1. The van der Waals surface area contributed by atoms with Crippen molar-refractivity contribution in [3.63, 3.8) is 0 Å². The second-order valence-corrected chi connectivity index (χ2v) is 4.23. The van der Waals surface area contributed by atoms with Crippen molar-refractivity contribution >= 4 is 5.91 Å². The van der Waals surface area contributed by atoms with Crippen LogP contribution in [-0.4, -0.2) is 36.2 Å². The highest BCUT2D eigenvalue weighted by Gasteiger charge is 2.15. The lowest BCUT2D eigenvalue weighted by Gasteiger charge is -2.13. The SMILES string of the molecule is CCC(O)CNC(=O)CNC1CCCC1. The molecular weight excluding hydrogens is 192 g/mol. The minimum Gasteiger partial charge on any atom is -0.391 e. The molecule has 4 nitrogen and oxygen atoms in total. The fourth-order valence-corrected chi connectivity index (χ4v) is 1.81. The van der Waals surface area contributed by atoms with E-state index in [1.165, 1.54) is 25.7 Å². The number of carbonyl (C=O) groups is 1. The van der Waals surface area contributed by atoms with Crippen molar-refractivity contribution in [1.29, 1.82) is 0 Å². The average molecular weight is 214 g/mol. The second kappa shape index (κ2) is 6.80. The van der Waals surface area contributed by atoms with E-state index >= 15 is 0 Å². The van der Waals surface area contributed by atoms with Crippen molar-refractivity contribution in [2.45, 2.75) is 51.2 Å². The Hall–Kier alpha value is -0.610. The van der Waals surface area contributed by atoms with E-state index in [0.717, 1.165) is 0 Å². The summed E-state index contributed by atoms with van der Waals surface area (Å²) in [5.41, 5.74) is 0. The molecule has 1 saturated carbocycles. The molecule has 0 radical (unpaired) electrons. The van der Waals surface area contributed by atoms with E-state index in [2.05, 4.69) is 10.6 Å². The van der Waals surface area contributed by atoms with E-state index in [0.29, 0.717) is 25.6 Å². The highest BCUT2D eigenvalue weighted by molar-refractivity contribution is 5.78. The third kappa shape index (κ3) is 5.14. The molecule has 4 heteroatoms. The third-order valence-electron chi connectivity index (χ3n) is 2.91. The van der Waals surface area contributed by atoms with Gasteiger partial charge < -0.3 is 15.7 Å². The molecular formula is C11H22N2O2. The van der Waals surface area contributed by atoms with E-state index in [9.17, 15) is 9.90 Å². The Morgan fingerprint density at radius 3 is 2.73 bits per heavy atom. The molecule has 1 aliphatic carbocycles. The first-order valence-electron chi connectivity index (χ1n) is 5.90. The third-order valence-corrected chi connectivity index (χ3v) is 2.91. The Labute approximate surface area is 91.4 Å². The molecule has 1 atom stereocenters. The number of aliphatic hydroxyl groups is 1. The lowest BCUT2D eigenvalue weighted by Crippen LogP contribution is -2.40. The maximum Gasteiger partial charge on any atom is 0.234 e. The standard InChI is InChI=1S/C11H22N2O2/c1-2-10(14)7-13-11(15)8-12-9-5-3-4-6-9/h9-10,12,14H,2-8H2,1H3,(H,13,15). The van der Waals surface area contributed by atoms with Crippen molar-refractivity contribution in [1.82, 2.24) is 10.6 Å². The van der Waals surface area contributed by atoms with Crippen LogP contribution >= 0.6 is 0 Å². The summed E-state index contributed by atoms with van der Waals surface area (Å²) in [6.07, 6.45) is 5.17. The van der Waals surface area contributed by atoms with E-state index in [-0.39, 0.29) is 5.91 Å². The van der Waals surface area contributed by atoms with E-state index in [4.69, 9.17) is 0 Å². The van der Waals surface area contributed by atoms with Gasteiger partial charge in [-0.1, -0.05) is 19.8 Å². The zero-order valence-corrected chi connectivity index (χ0v) is 9.46. The molecule has 0 bridgehead atoms. The molecule has 0 spiro atoms. The zero-order chi connectivity index (χ0) is 11.1. The van der Waals surface area contributed by atoms with Gasteiger partial charge in [-0.25, -0.2) is 0 Å². The molecule has 0 aromatic rings. The number of amides is 1. The Bertz CT molecular complexity index is 191. The molecule has 0 aromatic heterocycles. The van der Waals surface area contributed by atoms with Crippen LogP contribution in [0.1, 0.15) is 39.0 Å². The van der Waals surface area contributed by atoms with Gasteiger partial charge in [0.15, 0.2) is 0 Å². The fourth-order valence-electron chi connectivity index (χ4n) is 1.81. The van der Waals surface area contributed by atoms with Gasteiger partial charge in [-0.3, -0.25) is 4.79 Å². The minimum atomic E-state index is -0.416. The number of carbonyl (C=O) groups excluding carboxylic acids is 1. The molecule has 88 valence electrons. The topological polar surface area (TPSA) is 61.4 Å². The summed E-state index contributed by atoms with van der Waals surface area (Å²) in [6, 6.07) is 0.520. The quantitative estimate of drug-likeness (QED) is 0.600. The molecule has 0 aromatic carbocycles. The van der Waals surface area contributed by atoms with E-state index in [1.807, 2.05) is 6.92 Å². The van der Waals surface area contributed by atoms with Gasteiger partial charge in [-0.2, -0.15) is 0 Å². The predicted octanol–water partition coefficient (Wildman–Crippen LogP) is 0.406. The van der Waals surface area contributed by atoms with Crippen LogP contribution in [0.15, 0.2) is 0 Å². The second-order valence-electron chi connectivity index (χ2n) is 4.23. The molecule has 1 amide bonds. The van der Waals surface area contributed by atoms with Gasteiger partial charge in [0.25, 0.3) is 0 Å². The summed E-state index contributed by atoms with van der Waals surface area (Å²) >= 11 is 0. The van der Waals surface area contributed by atoms with Crippen LogP contribution in [0.2, 0.25) is 0 Å². The number of rotatable bonds is 6. The van der Waals surface area contributed by atoms with Gasteiger partial charge in [-0.05, 0) is 19.3 Å². The summed E-state index contributed by atoms with van der Waals surface area (Å²) in [5.74, 6) is -0.0191. The lowest BCUT2D eigenvalue weighted by atomic mass is 10.2. The number of hydrogen-bond donors (Lipinski definition) is 3. The number of hydrogen-bond acceptors (Lipinski definition) is 3. The first-order chi connectivity index (χ1) is 7.22. The van der Waals surface area contributed by atoms with Gasteiger partial charge >= 0.3 is 0 Å². The Balaban J connectivity index is 2.02. The smallest absolute Gasteiger partial charge is 0.234 e. The summed E-state index contributed by atoms with van der Waals surface area (Å²) in [6.45, 7) is 2.64. The Morgan fingerprint density at radius 2 is 2.13 bits per heavy atom. The summed E-state index contributed by atoms with van der Waals surface area (Å²) < 4.78 is 0. The summed E-state index contributed by atoms with van der Waals surface area (Å²) in [7, 11) is 0. The van der Waals surface area contributed by atoms with Crippen LogP contribution in [0, 0.1) is 0 Å². The number of aliphatic hydroxyl groups excluding tert-OH is 1. The first kappa shape index (κ1) is 12.5. The van der Waals surface area contributed by atoms with Crippen molar-refractivity contribution in [2.75, 3.05) is 13.1 Å². The van der Waals surface area contributed by atoms with Crippen LogP contribution in [0.3, 0.4) is 0 Å². The van der Waals surface area contributed by atoms with Gasteiger partial charge in [0, 0.05) is 12.6 Å².